The maximum Gasteiger partial charge on any atom is 0.227 e. The van der Waals surface area contributed by atoms with E-state index in [0.29, 0.717) is 18.1 Å². The molecule has 2 aromatic heterocycles. The van der Waals surface area contributed by atoms with Crippen LogP contribution in [-0.4, -0.2) is 27.3 Å². The van der Waals surface area contributed by atoms with Crippen LogP contribution in [0.5, 0.6) is 0 Å². The third-order valence-corrected chi connectivity index (χ3v) is 5.43. The minimum absolute atomic E-state index is 0.0395. The normalized spacial score (nSPS) is 17.2. The van der Waals surface area contributed by atoms with Gasteiger partial charge in [-0.3, -0.25) is 4.79 Å². The lowest BCUT2D eigenvalue weighted by Gasteiger charge is -2.06. The Balaban J connectivity index is 1.36. The summed E-state index contributed by atoms with van der Waals surface area (Å²) in [5.41, 5.74) is 2.40. The predicted octanol–water partition coefficient (Wildman–Crippen LogP) is 3.68. The van der Waals surface area contributed by atoms with Crippen molar-refractivity contribution in [2.24, 2.45) is 0 Å². The molecule has 130 valence electrons. The van der Waals surface area contributed by atoms with E-state index in [-0.39, 0.29) is 12.0 Å². The third-order valence-electron chi connectivity index (χ3n) is 4.50. The van der Waals surface area contributed by atoms with Crippen LogP contribution in [0.1, 0.15) is 35.9 Å². The molecule has 1 fully saturated rings. The molecule has 1 atom stereocenters. The topological polar surface area (TPSA) is 69.0 Å². The van der Waals surface area contributed by atoms with Gasteiger partial charge in [0, 0.05) is 36.7 Å². The van der Waals surface area contributed by atoms with E-state index >= 15 is 0 Å². The summed E-state index contributed by atoms with van der Waals surface area (Å²) in [6, 6.07) is 8.32. The summed E-state index contributed by atoms with van der Waals surface area (Å²) in [5.74, 6) is -0.0513. The molecule has 0 radical (unpaired) electrons. The zero-order valence-electron chi connectivity index (χ0n) is 14.1. The minimum atomic E-state index is -0.0513. The molecule has 3 heterocycles. The molecule has 1 N–H and O–H groups in total. The van der Waals surface area contributed by atoms with Crippen LogP contribution in [0.2, 0.25) is 0 Å². The lowest BCUT2D eigenvalue weighted by molar-refractivity contribution is -0.116. The Labute approximate surface area is 149 Å². The Morgan fingerprint density at radius 2 is 2.32 bits per heavy atom. The molecular weight excluding hydrogens is 336 g/mol. The second kappa shape index (κ2) is 6.93. The molecular formula is C18H20N4O2S. The Hall–Kier alpha value is -2.25. The van der Waals surface area contributed by atoms with E-state index in [4.69, 9.17) is 4.74 Å². The van der Waals surface area contributed by atoms with Crippen LogP contribution in [-0.2, 0) is 16.1 Å². The van der Waals surface area contributed by atoms with E-state index in [2.05, 4.69) is 45.2 Å². The number of carbonyl (C=O) groups excluding carboxylic acids is 1. The van der Waals surface area contributed by atoms with Gasteiger partial charge in [-0.15, -0.1) is 10.2 Å². The Morgan fingerprint density at radius 1 is 1.40 bits per heavy atom. The van der Waals surface area contributed by atoms with Crippen molar-refractivity contribution in [1.29, 1.82) is 0 Å². The average Bonchev–Trinajstić information content (AvgIpc) is 3.34. The molecule has 6 nitrogen and oxygen atoms in total. The zero-order chi connectivity index (χ0) is 17.2. The van der Waals surface area contributed by atoms with Gasteiger partial charge in [0.25, 0.3) is 0 Å². The van der Waals surface area contributed by atoms with E-state index in [1.165, 1.54) is 22.3 Å². The van der Waals surface area contributed by atoms with Gasteiger partial charge in [-0.2, -0.15) is 0 Å². The molecule has 0 saturated carbocycles. The molecule has 0 spiro atoms. The van der Waals surface area contributed by atoms with Crippen LogP contribution in [0, 0.1) is 6.92 Å². The first kappa shape index (κ1) is 16.2. The van der Waals surface area contributed by atoms with Crippen LogP contribution in [0.25, 0.3) is 10.9 Å². The number of aryl methyl sites for hydroxylation is 2. The number of rotatable bonds is 5. The first-order chi connectivity index (χ1) is 12.2. The van der Waals surface area contributed by atoms with E-state index in [9.17, 15) is 4.79 Å². The number of carbonyl (C=O) groups is 1. The number of anilines is 1. The van der Waals surface area contributed by atoms with E-state index < -0.39 is 0 Å². The highest BCUT2D eigenvalue weighted by Crippen LogP contribution is 2.31. The van der Waals surface area contributed by atoms with Gasteiger partial charge in [-0.1, -0.05) is 23.5 Å². The number of ether oxygens (including phenoxy) is 1. The summed E-state index contributed by atoms with van der Waals surface area (Å²) in [7, 11) is 0. The van der Waals surface area contributed by atoms with Crippen molar-refractivity contribution in [2.45, 2.75) is 38.8 Å². The quantitative estimate of drug-likeness (QED) is 0.757. The first-order valence-electron chi connectivity index (χ1n) is 8.50. The Morgan fingerprint density at radius 3 is 3.16 bits per heavy atom. The summed E-state index contributed by atoms with van der Waals surface area (Å²) >= 11 is 1.40. The fourth-order valence-electron chi connectivity index (χ4n) is 3.16. The number of amides is 1. The van der Waals surface area contributed by atoms with E-state index in [1.807, 2.05) is 12.3 Å². The lowest BCUT2D eigenvalue weighted by atomic mass is 10.1. The van der Waals surface area contributed by atoms with Crippen molar-refractivity contribution < 1.29 is 9.53 Å². The number of nitrogens with one attached hydrogen (secondary N) is 1. The fourth-order valence-corrected chi connectivity index (χ4v) is 4.01. The molecule has 1 aliphatic rings. The predicted molar refractivity (Wildman–Crippen MR) is 97.8 cm³/mol. The van der Waals surface area contributed by atoms with Crippen molar-refractivity contribution in [2.75, 3.05) is 11.9 Å². The highest BCUT2D eigenvalue weighted by Gasteiger charge is 2.22. The van der Waals surface area contributed by atoms with E-state index in [0.717, 1.165) is 30.0 Å². The number of hydrogen-bond acceptors (Lipinski definition) is 5. The fraction of sp³-hybridized carbons (Fsp3) is 0.389. The Bertz CT molecular complexity index is 896. The highest BCUT2D eigenvalue weighted by atomic mass is 32.1. The van der Waals surface area contributed by atoms with Crippen molar-refractivity contribution in [3.8, 4) is 0 Å². The second-order valence-corrected chi connectivity index (χ2v) is 7.27. The van der Waals surface area contributed by atoms with Gasteiger partial charge in [0.1, 0.15) is 11.1 Å². The lowest BCUT2D eigenvalue weighted by Crippen LogP contribution is -2.14. The second-order valence-electron chi connectivity index (χ2n) is 6.26. The Kier molecular flexibility index (Phi) is 4.50. The highest BCUT2D eigenvalue weighted by molar-refractivity contribution is 7.15. The standard InChI is InChI=1S/C18H20N4O2S/c1-12-4-2-5-14-13(12)7-9-22(14)10-8-16(23)19-18-21-20-17(25-18)15-6-3-11-24-15/h2,4-5,7,9,15H,3,6,8,10-11H2,1H3,(H,19,21,23)/t15-/m1/s1. The van der Waals surface area contributed by atoms with Crippen LogP contribution in [0.15, 0.2) is 30.5 Å². The number of fused-ring (bicyclic) bond motifs is 1. The van der Waals surface area contributed by atoms with Gasteiger partial charge in [-0.25, -0.2) is 0 Å². The van der Waals surface area contributed by atoms with Crippen molar-refractivity contribution in [3.05, 3.63) is 41.0 Å². The number of hydrogen-bond donors (Lipinski definition) is 1. The van der Waals surface area contributed by atoms with Gasteiger partial charge in [0.2, 0.25) is 11.0 Å². The summed E-state index contributed by atoms with van der Waals surface area (Å²) in [4.78, 5) is 12.2. The number of benzene rings is 1. The molecule has 3 aromatic rings. The first-order valence-corrected chi connectivity index (χ1v) is 9.31. The number of aromatic nitrogens is 3. The van der Waals surface area contributed by atoms with E-state index in [1.54, 1.807) is 0 Å². The summed E-state index contributed by atoms with van der Waals surface area (Å²) < 4.78 is 7.71. The molecule has 0 unspecified atom stereocenters. The SMILES string of the molecule is Cc1cccc2c1ccn2CCC(=O)Nc1nnc([C@H]2CCCO2)s1. The van der Waals surface area contributed by atoms with Crippen molar-refractivity contribution >= 4 is 33.3 Å². The van der Waals surface area contributed by atoms with Gasteiger partial charge < -0.3 is 14.6 Å². The monoisotopic (exact) mass is 356 g/mol. The molecule has 25 heavy (non-hydrogen) atoms. The number of nitrogens with zero attached hydrogens (tertiary/aromatic N) is 3. The molecule has 0 aliphatic carbocycles. The van der Waals surface area contributed by atoms with Gasteiger partial charge in [-0.05, 0) is 37.5 Å². The average molecular weight is 356 g/mol. The molecule has 1 amide bonds. The van der Waals surface area contributed by atoms with Crippen LogP contribution < -0.4 is 5.32 Å². The summed E-state index contributed by atoms with van der Waals surface area (Å²) in [5, 5.41) is 13.7. The molecule has 1 aliphatic heterocycles. The van der Waals surface area contributed by atoms with Gasteiger partial charge in [0.15, 0.2) is 0 Å². The van der Waals surface area contributed by atoms with Crippen LogP contribution >= 0.6 is 11.3 Å². The molecule has 0 bridgehead atoms. The zero-order valence-corrected chi connectivity index (χ0v) is 14.9. The maximum absolute atomic E-state index is 12.2. The maximum atomic E-state index is 12.2. The molecule has 1 aromatic carbocycles. The van der Waals surface area contributed by atoms with Crippen molar-refractivity contribution in [3.63, 3.8) is 0 Å². The minimum Gasteiger partial charge on any atom is -0.371 e. The van der Waals surface area contributed by atoms with Gasteiger partial charge in [0.05, 0.1) is 0 Å². The molecule has 7 heteroatoms. The smallest absolute Gasteiger partial charge is 0.227 e. The molecule has 4 rings (SSSR count). The third kappa shape index (κ3) is 3.43. The van der Waals surface area contributed by atoms with Crippen LogP contribution in [0.3, 0.4) is 0 Å². The molecule has 1 saturated heterocycles. The largest absolute Gasteiger partial charge is 0.371 e. The summed E-state index contributed by atoms with van der Waals surface area (Å²) in [6.07, 6.45) is 4.49. The summed E-state index contributed by atoms with van der Waals surface area (Å²) in [6.45, 7) is 3.51. The van der Waals surface area contributed by atoms with Crippen LogP contribution in [0.4, 0.5) is 5.13 Å². The van der Waals surface area contributed by atoms with Crippen molar-refractivity contribution in [1.82, 2.24) is 14.8 Å². The van der Waals surface area contributed by atoms with Gasteiger partial charge >= 0.3 is 0 Å².